The van der Waals surface area contributed by atoms with Crippen LogP contribution in [0.5, 0.6) is 0 Å². The highest BCUT2D eigenvalue weighted by Crippen LogP contribution is 2.08. The van der Waals surface area contributed by atoms with Crippen molar-refractivity contribution in [1.29, 1.82) is 0 Å². The SMILES string of the molecule is CCOC(=O)c1ccc(C(N)N)cc1. The largest absolute Gasteiger partial charge is 0.462 e. The second-order valence-electron chi connectivity index (χ2n) is 2.87. The van der Waals surface area contributed by atoms with Gasteiger partial charge < -0.3 is 16.2 Å². The Kier molecular flexibility index (Phi) is 3.62. The van der Waals surface area contributed by atoms with Crippen LogP contribution in [0.4, 0.5) is 0 Å². The van der Waals surface area contributed by atoms with Crippen LogP contribution in [-0.2, 0) is 4.74 Å². The van der Waals surface area contributed by atoms with Gasteiger partial charge in [0.15, 0.2) is 0 Å². The molecule has 1 rings (SSSR count). The average molecular weight is 194 g/mol. The van der Waals surface area contributed by atoms with E-state index in [0.717, 1.165) is 5.56 Å². The molecule has 0 spiro atoms. The molecule has 0 aliphatic rings. The predicted octanol–water partition coefficient (Wildman–Crippen LogP) is 0.779. The minimum atomic E-state index is -0.508. The van der Waals surface area contributed by atoms with E-state index >= 15 is 0 Å². The number of rotatable bonds is 3. The van der Waals surface area contributed by atoms with Gasteiger partial charge in [-0.3, -0.25) is 0 Å². The molecule has 0 bridgehead atoms. The van der Waals surface area contributed by atoms with E-state index in [1.807, 2.05) is 0 Å². The van der Waals surface area contributed by atoms with E-state index in [0.29, 0.717) is 12.2 Å². The van der Waals surface area contributed by atoms with Crippen LogP contribution >= 0.6 is 0 Å². The molecule has 0 amide bonds. The summed E-state index contributed by atoms with van der Waals surface area (Å²) in [5.41, 5.74) is 12.2. The lowest BCUT2D eigenvalue weighted by Crippen LogP contribution is -2.20. The Morgan fingerprint density at radius 3 is 2.36 bits per heavy atom. The normalized spacial score (nSPS) is 10.3. The van der Waals surface area contributed by atoms with Crippen LogP contribution in [0, 0.1) is 0 Å². The minimum Gasteiger partial charge on any atom is -0.462 e. The fourth-order valence-electron chi connectivity index (χ4n) is 1.06. The first-order chi connectivity index (χ1) is 6.65. The van der Waals surface area contributed by atoms with Crippen LogP contribution < -0.4 is 11.5 Å². The number of carbonyl (C=O) groups is 1. The van der Waals surface area contributed by atoms with Gasteiger partial charge in [-0.05, 0) is 24.6 Å². The van der Waals surface area contributed by atoms with E-state index < -0.39 is 6.17 Å². The molecule has 4 nitrogen and oxygen atoms in total. The second-order valence-corrected chi connectivity index (χ2v) is 2.87. The molecule has 0 atom stereocenters. The summed E-state index contributed by atoms with van der Waals surface area (Å²) < 4.78 is 4.83. The molecular weight excluding hydrogens is 180 g/mol. The Morgan fingerprint density at radius 2 is 1.93 bits per heavy atom. The van der Waals surface area contributed by atoms with Gasteiger partial charge >= 0.3 is 5.97 Å². The third-order valence-corrected chi connectivity index (χ3v) is 1.81. The summed E-state index contributed by atoms with van der Waals surface area (Å²) in [7, 11) is 0. The molecule has 0 saturated heterocycles. The molecule has 76 valence electrons. The second kappa shape index (κ2) is 4.74. The van der Waals surface area contributed by atoms with Crippen molar-refractivity contribution in [1.82, 2.24) is 0 Å². The highest BCUT2D eigenvalue weighted by Gasteiger charge is 2.06. The number of nitrogens with two attached hydrogens (primary N) is 2. The van der Waals surface area contributed by atoms with E-state index in [2.05, 4.69) is 0 Å². The number of hydrogen-bond acceptors (Lipinski definition) is 4. The van der Waals surface area contributed by atoms with E-state index in [9.17, 15) is 4.79 Å². The lowest BCUT2D eigenvalue weighted by molar-refractivity contribution is 0.0526. The zero-order chi connectivity index (χ0) is 10.6. The first kappa shape index (κ1) is 10.7. The summed E-state index contributed by atoms with van der Waals surface area (Å²) in [6.45, 7) is 2.14. The number of esters is 1. The summed E-state index contributed by atoms with van der Waals surface area (Å²) in [4.78, 5) is 11.2. The van der Waals surface area contributed by atoms with Gasteiger partial charge in [0.05, 0.1) is 18.3 Å². The molecule has 0 heterocycles. The van der Waals surface area contributed by atoms with Crippen LogP contribution in [-0.4, -0.2) is 12.6 Å². The van der Waals surface area contributed by atoms with E-state index in [1.165, 1.54) is 0 Å². The summed E-state index contributed by atoms with van der Waals surface area (Å²) in [5.74, 6) is -0.329. The first-order valence-electron chi connectivity index (χ1n) is 4.43. The van der Waals surface area contributed by atoms with Gasteiger partial charge in [0.2, 0.25) is 0 Å². The van der Waals surface area contributed by atoms with Gasteiger partial charge in [0.1, 0.15) is 0 Å². The Morgan fingerprint density at radius 1 is 1.36 bits per heavy atom. The molecular formula is C10H14N2O2. The van der Waals surface area contributed by atoms with Crippen molar-refractivity contribution < 1.29 is 9.53 Å². The average Bonchev–Trinajstić information content (AvgIpc) is 2.18. The molecule has 0 aromatic heterocycles. The van der Waals surface area contributed by atoms with Crippen LogP contribution in [0.25, 0.3) is 0 Å². The zero-order valence-electron chi connectivity index (χ0n) is 8.07. The summed E-state index contributed by atoms with van der Waals surface area (Å²) in [6.07, 6.45) is -0.508. The van der Waals surface area contributed by atoms with E-state index in [4.69, 9.17) is 16.2 Å². The minimum absolute atomic E-state index is 0.329. The highest BCUT2D eigenvalue weighted by molar-refractivity contribution is 5.89. The Labute approximate surface area is 82.8 Å². The van der Waals surface area contributed by atoms with Gasteiger partial charge in [-0.1, -0.05) is 12.1 Å². The molecule has 1 aromatic rings. The Bertz CT molecular complexity index is 306. The highest BCUT2D eigenvalue weighted by atomic mass is 16.5. The number of hydrogen-bond donors (Lipinski definition) is 2. The van der Waals surface area contributed by atoms with Crippen molar-refractivity contribution in [2.75, 3.05) is 6.61 Å². The van der Waals surface area contributed by atoms with Gasteiger partial charge in [0, 0.05) is 0 Å². The zero-order valence-corrected chi connectivity index (χ0v) is 8.07. The Hall–Kier alpha value is -1.39. The molecule has 0 aliphatic heterocycles. The maximum absolute atomic E-state index is 11.2. The number of ether oxygens (including phenoxy) is 1. The standard InChI is InChI=1S/C10H14N2O2/c1-2-14-10(13)8-5-3-7(4-6-8)9(11)12/h3-6,9H,2,11-12H2,1H3. The van der Waals surface area contributed by atoms with Crippen LogP contribution in [0.2, 0.25) is 0 Å². The first-order valence-corrected chi connectivity index (χ1v) is 4.43. The maximum atomic E-state index is 11.2. The predicted molar refractivity (Wildman–Crippen MR) is 53.5 cm³/mol. The van der Waals surface area contributed by atoms with Gasteiger partial charge in [0.25, 0.3) is 0 Å². The lowest BCUT2D eigenvalue weighted by Gasteiger charge is -2.06. The molecule has 0 saturated carbocycles. The van der Waals surface area contributed by atoms with Crippen molar-refractivity contribution in [3.8, 4) is 0 Å². The van der Waals surface area contributed by atoms with E-state index in [1.54, 1.807) is 31.2 Å². The molecule has 4 N–H and O–H groups in total. The van der Waals surface area contributed by atoms with Crippen molar-refractivity contribution in [2.45, 2.75) is 13.1 Å². The fourth-order valence-corrected chi connectivity index (χ4v) is 1.06. The van der Waals surface area contributed by atoms with Crippen molar-refractivity contribution in [3.05, 3.63) is 35.4 Å². The molecule has 1 aromatic carbocycles. The molecule has 0 aliphatic carbocycles. The molecule has 0 radical (unpaired) electrons. The van der Waals surface area contributed by atoms with Gasteiger partial charge in [-0.15, -0.1) is 0 Å². The number of benzene rings is 1. The fraction of sp³-hybridized carbons (Fsp3) is 0.300. The quantitative estimate of drug-likeness (QED) is 0.550. The third-order valence-electron chi connectivity index (χ3n) is 1.81. The van der Waals surface area contributed by atoms with Crippen molar-refractivity contribution in [2.24, 2.45) is 11.5 Å². The smallest absolute Gasteiger partial charge is 0.338 e. The van der Waals surface area contributed by atoms with Crippen LogP contribution in [0.1, 0.15) is 29.0 Å². The maximum Gasteiger partial charge on any atom is 0.338 e. The van der Waals surface area contributed by atoms with Crippen LogP contribution in [0.3, 0.4) is 0 Å². The van der Waals surface area contributed by atoms with Crippen molar-refractivity contribution >= 4 is 5.97 Å². The van der Waals surface area contributed by atoms with Gasteiger partial charge in [-0.2, -0.15) is 0 Å². The van der Waals surface area contributed by atoms with E-state index in [-0.39, 0.29) is 5.97 Å². The number of carbonyl (C=O) groups excluding carboxylic acids is 1. The third kappa shape index (κ3) is 2.55. The summed E-state index contributed by atoms with van der Waals surface area (Å²) in [5, 5.41) is 0. The molecule has 0 unspecified atom stereocenters. The van der Waals surface area contributed by atoms with Gasteiger partial charge in [-0.25, -0.2) is 4.79 Å². The monoisotopic (exact) mass is 194 g/mol. The Balaban J connectivity index is 2.78. The van der Waals surface area contributed by atoms with Crippen LogP contribution in [0.15, 0.2) is 24.3 Å². The lowest BCUT2D eigenvalue weighted by atomic mass is 10.1. The summed E-state index contributed by atoms with van der Waals surface area (Å²) >= 11 is 0. The van der Waals surface area contributed by atoms with Crippen molar-refractivity contribution in [3.63, 3.8) is 0 Å². The topological polar surface area (TPSA) is 78.3 Å². The molecule has 0 fully saturated rings. The molecule has 4 heteroatoms. The summed E-state index contributed by atoms with van der Waals surface area (Å²) in [6, 6.07) is 6.74. The molecule has 14 heavy (non-hydrogen) atoms.